The monoisotopic (exact) mass is 250 g/mol. The van der Waals surface area contributed by atoms with Crippen molar-refractivity contribution in [3.63, 3.8) is 0 Å². The molecule has 0 heterocycles. The van der Waals surface area contributed by atoms with Crippen LogP contribution in [0.1, 0.15) is 6.92 Å². The van der Waals surface area contributed by atoms with Crippen LogP contribution in [-0.4, -0.2) is 13.0 Å². The Labute approximate surface area is 99.5 Å². The molecule has 0 aliphatic carbocycles. The number of halogens is 2. The lowest BCUT2D eigenvalue weighted by atomic mass is 10.3. The minimum atomic E-state index is -0.397. The number of hydrogen-bond acceptors (Lipinski definition) is 4. The predicted octanol–water partition coefficient (Wildman–Crippen LogP) is 2.18. The summed E-state index contributed by atoms with van der Waals surface area (Å²) >= 11 is 5.72. The van der Waals surface area contributed by atoms with Gasteiger partial charge < -0.3 is 4.84 Å². The number of nitrogens with one attached hydrogen (secondary N) is 1. The van der Waals surface area contributed by atoms with Gasteiger partial charge in [-0.15, -0.1) is 12.4 Å². The zero-order chi connectivity index (χ0) is 10.6. The lowest BCUT2D eigenvalue weighted by molar-refractivity contribution is -0.148. The van der Waals surface area contributed by atoms with Crippen LogP contribution in [0.4, 0.5) is 5.69 Å². The molecule has 0 aliphatic heterocycles. The molecule has 84 valence electrons. The number of hydrogen-bond donors (Lipinski definition) is 1. The third-order valence-corrected chi connectivity index (χ3v) is 1.79. The molecule has 0 amide bonds. The Bertz CT molecular complexity index is 316. The number of anilines is 1. The molecule has 1 aromatic rings. The summed E-state index contributed by atoms with van der Waals surface area (Å²) in [5.74, 6) is -0.397. The van der Waals surface area contributed by atoms with Crippen molar-refractivity contribution in [3.8, 4) is 0 Å². The Morgan fingerprint density at radius 2 is 1.93 bits per heavy atom. The summed E-state index contributed by atoms with van der Waals surface area (Å²) in [6.45, 7) is 1.32. The van der Waals surface area contributed by atoms with Gasteiger partial charge in [-0.25, -0.2) is 0 Å². The maximum Gasteiger partial charge on any atom is 0.324 e. The van der Waals surface area contributed by atoms with Crippen molar-refractivity contribution in [2.24, 2.45) is 0 Å². The highest BCUT2D eigenvalue weighted by molar-refractivity contribution is 6.30. The Hall–Kier alpha value is -0.970. The molecule has 0 bridgehead atoms. The fourth-order valence-corrected chi connectivity index (χ4v) is 0.976. The molecule has 1 N–H and O–H groups in total. The molecule has 0 fully saturated rings. The number of rotatable bonds is 3. The van der Waals surface area contributed by atoms with Gasteiger partial charge in [0.15, 0.2) is 0 Å². The van der Waals surface area contributed by atoms with Gasteiger partial charge >= 0.3 is 5.97 Å². The van der Waals surface area contributed by atoms with Crippen LogP contribution in [-0.2, 0) is 9.63 Å². The summed E-state index contributed by atoms with van der Waals surface area (Å²) in [4.78, 5) is 15.1. The van der Waals surface area contributed by atoms with Crippen molar-refractivity contribution in [1.82, 2.24) is 5.59 Å². The van der Waals surface area contributed by atoms with Crippen molar-refractivity contribution in [2.45, 2.75) is 6.92 Å². The van der Waals surface area contributed by atoms with Gasteiger partial charge in [-0.2, -0.15) is 0 Å². The maximum atomic E-state index is 10.5. The van der Waals surface area contributed by atoms with E-state index in [-0.39, 0.29) is 12.4 Å². The van der Waals surface area contributed by atoms with Gasteiger partial charge in [-0.05, 0) is 24.3 Å². The smallest absolute Gasteiger partial charge is 0.324 e. The highest BCUT2D eigenvalue weighted by Crippen LogP contribution is 2.15. The molecule has 0 atom stereocenters. The van der Waals surface area contributed by atoms with Gasteiger partial charge in [0.1, 0.15) is 0 Å². The van der Waals surface area contributed by atoms with Crippen LogP contribution in [0, 0.1) is 0 Å². The first-order chi connectivity index (χ1) is 6.59. The number of nitrogens with zero attached hydrogens (tertiary/aromatic N) is 1. The maximum absolute atomic E-state index is 10.5. The van der Waals surface area contributed by atoms with E-state index in [1.165, 1.54) is 6.92 Å². The SMILES string of the molecule is CC(=O)ONN(C)c1ccc(Cl)cc1.Cl. The molecule has 0 aliphatic rings. The third kappa shape index (κ3) is 4.88. The van der Waals surface area contributed by atoms with Crippen molar-refractivity contribution < 1.29 is 9.63 Å². The van der Waals surface area contributed by atoms with E-state index in [1.807, 2.05) is 0 Å². The average molecular weight is 251 g/mol. The van der Waals surface area contributed by atoms with Crippen LogP contribution in [0.3, 0.4) is 0 Å². The molecule has 15 heavy (non-hydrogen) atoms. The van der Waals surface area contributed by atoms with Gasteiger partial charge in [0, 0.05) is 19.0 Å². The summed E-state index contributed by atoms with van der Waals surface area (Å²) < 4.78 is 0. The third-order valence-electron chi connectivity index (χ3n) is 1.54. The van der Waals surface area contributed by atoms with E-state index in [2.05, 4.69) is 10.4 Å². The normalized spacial score (nSPS) is 9.00. The summed E-state index contributed by atoms with van der Waals surface area (Å²) in [5.41, 5.74) is 3.30. The number of carbonyl (C=O) groups is 1. The van der Waals surface area contributed by atoms with Gasteiger partial charge in [-0.3, -0.25) is 9.80 Å². The molecule has 4 nitrogen and oxygen atoms in total. The number of hydrazine groups is 1. The second kappa shape index (κ2) is 6.50. The first kappa shape index (κ1) is 14.0. The lowest BCUT2D eigenvalue weighted by Crippen LogP contribution is -2.35. The second-order valence-electron chi connectivity index (χ2n) is 2.72. The summed E-state index contributed by atoms with van der Waals surface area (Å²) in [5, 5.41) is 2.23. The Morgan fingerprint density at radius 3 is 2.40 bits per heavy atom. The zero-order valence-corrected chi connectivity index (χ0v) is 9.93. The van der Waals surface area contributed by atoms with Gasteiger partial charge in [0.05, 0.1) is 5.69 Å². The molecule has 0 saturated heterocycles. The summed E-state index contributed by atoms with van der Waals surface area (Å²) in [6.07, 6.45) is 0. The fraction of sp³-hybridized carbons (Fsp3) is 0.222. The molecular formula is C9H12Cl2N2O2. The topological polar surface area (TPSA) is 41.6 Å². The van der Waals surface area contributed by atoms with Crippen LogP contribution < -0.4 is 10.6 Å². The van der Waals surface area contributed by atoms with E-state index in [0.717, 1.165) is 5.69 Å². The van der Waals surface area contributed by atoms with Gasteiger partial charge in [0.2, 0.25) is 0 Å². The minimum absolute atomic E-state index is 0. The van der Waals surface area contributed by atoms with E-state index in [9.17, 15) is 4.79 Å². The van der Waals surface area contributed by atoms with Gasteiger partial charge in [0.25, 0.3) is 0 Å². The summed E-state index contributed by atoms with van der Waals surface area (Å²) in [7, 11) is 1.73. The Morgan fingerprint density at radius 1 is 1.40 bits per heavy atom. The molecule has 1 aromatic carbocycles. The van der Waals surface area contributed by atoms with E-state index in [1.54, 1.807) is 36.3 Å². The van der Waals surface area contributed by atoms with E-state index in [4.69, 9.17) is 11.6 Å². The molecule has 0 aromatic heterocycles. The fourth-order valence-electron chi connectivity index (χ4n) is 0.850. The zero-order valence-electron chi connectivity index (χ0n) is 8.36. The quantitative estimate of drug-likeness (QED) is 0.836. The molecule has 6 heteroatoms. The van der Waals surface area contributed by atoms with Crippen molar-refractivity contribution >= 4 is 35.7 Å². The van der Waals surface area contributed by atoms with E-state index >= 15 is 0 Å². The summed E-state index contributed by atoms with van der Waals surface area (Å²) in [6, 6.07) is 7.11. The van der Waals surface area contributed by atoms with Crippen LogP contribution in [0.15, 0.2) is 24.3 Å². The highest BCUT2D eigenvalue weighted by Gasteiger charge is 2.00. The molecule has 0 radical (unpaired) electrons. The van der Waals surface area contributed by atoms with E-state index < -0.39 is 5.97 Å². The van der Waals surface area contributed by atoms with Gasteiger partial charge in [-0.1, -0.05) is 17.2 Å². The largest absolute Gasteiger partial charge is 0.351 e. The van der Waals surface area contributed by atoms with Crippen molar-refractivity contribution in [2.75, 3.05) is 12.1 Å². The van der Waals surface area contributed by atoms with Crippen LogP contribution in [0.2, 0.25) is 5.02 Å². The molecule has 0 spiro atoms. The second-order valence-corrected chi connectivity index (χ2v) is 3.16. The minimum Gasteiger partial charge on any atom is -0.351 e. The van der Waals surface area contributed by atoms with Crippen molar-refractivity contribution in [1.29, 1.82) is 0 Å². The molecule has 0 saturated carbocycles. The average Bonchev–Trinajstić information content (AvgIpc) is 2.15. The predicted molar refractivity (Wildman–Crippen MR) is 62.0 cm³/mol. The van der Waals surface area contributed by atoms with Crippen molar-refractivity contribution in [3.05, 3.63) is 29.3 Å². The Kier molecular flexibility index (Phi) is 6.08. The number of carbonyl (C=O) groups excluding carboxylic acids is 1. The molecular weight excluding hydrogens is 239 g/mol. The van der Waals surface area contributed by atoms with E-state index in [0.29, 0.717) is 5.02 Å². The highest BCUT2D eigenvalue weighted by atomic mass is 35.5. The Balaban J connectivity index is 0.00000196. The molecule has 1 rings (SSSR count). The van der Waals surface area contributed by atoms with Crippen LogP contribution >= 0.6 is 24.0 Å². The first-order valence-electron chi connectivity index (χ1n) is 4.02. The molecule has 0 unspecified atom stereocenters. The number of benzene rings is 1. The lowest BCUT2D eigenvalue weighted by Gasteiger charge is -2.18. The first-order valence-corrected chi connectivity index (χ1v) is 4.40. The standard InChI is InChI=1S/C9H11ClN2O2.ClH/c1-7(13)14-11-12(2)9-5-3-8(10)4-6-9;/h3-6,11H,1-2H3;1H. The van der Waals surface area contributed by atoms with Crippen LogP contribution in [0.25, 0.3) is 0 Å². The van der Waals surface area contributed by atoms with Crippen LogP contribution in [0.5, 0.6) is 0 Å².